The minimum Gasteiger partial charge on any atom is -0.497 e. The molecule has 0 spiro atoms. The minimum absolute atomic E-state index is 0.00708. The molecule has 0 aliphatic heterocycles. The highest BCUT2D eigenvalue weighted by Gasteiger charge is 2.29. The zero-order chi connectivity index (χ0) is 21.7. The Morgan fingerprint density at radius 3 is 2.40 bits per heavy atom. The van der Waals surface area contributed by atoms with E-state index in [2.05, 4.69) is 10.2 Å². The van der Waals surface area contributed by atoms with Gasteiger partial charge in [0, 0.05) is 36.8 Å². The lowest BCUT2D eigenvalue weighted by Crippen LogP contribution is -2.29. The number of benzene rings is 2. The Balaban J connectivity index is 1.59. The van der Waals surface area contributed by atoms with Crippen molar-refractivity contribution in [3.63, 3.8) is 0 Å². The predicted octanol–water partition coefficient (Wildman–Crippen LogP) is 2.34. The molecule has 0 atom stereocenters. The normalized spacial score (nSPS) is 13.9. The Kier molecular flexibility index (Phi) is 6.96. The van der Waals surface area contributed by atoms with Gasteiger partial charge in [0.1, 0.15) is 11.5 Å². The number of carbonyl (C=O) groups is 1. The molecule has 1 amide bonds. The van der Waals surface area contributed by atoms with Crippen LogP contribution < -0.4 is 19.9 Å². The van der Waals surface area contributed by atoms with E-state index in [-0.39, 0.29) is 10.8 Å². The van der Waals surface area contributed by atoms with Crippen molar-refractivity contribution in [2.24, 2.45) is 5.14 Å². The van der Waals surface area contributed by atoms with Gasteiger partial charge in [-0.15, -0.1) is 0 Å². The van der Waals surface area contributed by atoms with Gasteiger partial charge in [0.15, 0.2) is 0 Å². The highest BCUT2D eigenvalue weighted by molar-refractivity contribution is 7.89. The zero-order valence-electron chi connectivity index (χ0n) is 17.1. The van der Waals surface area contributed by atoms with Gasteiger partial charge in [0.2, 0.25) is 15.9 Å². The van der Waals surface area contributed by atoms with Crippen LogP contribution in [0.2, 0.25) is 0 Å². The van der Waals surface area contributed by atoms with Crippen LogP contribution in [0.15, 0.2) is 47.4 Å². The fourth-order valence-electron chi connectivity index (χ4n) is 3.25. The van der Waals surface area contributed by atoms with E-state index < -0.39 is 10.0 Å². The molecule has 0 aromatic heterocycles. The molecular formula is C21H27N3O5S. The molecule has 0 unspecified atom stereocenters. The highest BCUT2D eigenvalue weighted by atomic mass is 32.2. The summed E-state index contributed by atoms with van der Waals surface area (Å²) in [5.74, 6) is 1.42. The number of carbonyl (C=O) groups excluding carboxylic acids is 1. The van der Waals surface area contributed by atoms with Gasteiger partial charge < -0.3 is 14.8 Å². The van der Waals surface area contributed by atoms with Gasteiger partial charge in [-0.3, -0.25) is 9.69 Å². The summed E-state index contributed by atoms with van der Waals surface area (Å²) in [5.41, 5.74) is 1.54. The summed E-state index contributed by atoms with van der Waals surface area (Å²) in [5, 5.41) is 7.88. The maximum Gasteiger partial charge on any atom is 0.238 e. The molecule has 3 rings (SSSR count). The largest absolute Gasteiger partial charge is 0.497 e. The molecule has 0 heterocycles. The van der Waals surface area contributed by atoms with Gasteiger partial charge in [-0.2, -0.15) is 0 Å². The topological polar surface area (TPSA) is 111 Å². The lowest BCUT2D eigenvalue weighted by atomic mass is 10.1. The van der Waals surface area contributed by atoms with Crippen LogP contribution in [0.5, 0.6) is 11.5 Å². The van der Waals surface area contributed by atoms with Gasteiger partial charge in [-0.1, -0.05) is 0 Å². The minimum atomic E-state index is -3.75. The second-order valence-electron chi connectivity index (χ2n) is 7.25. The molecule has 30 heavy (non-hydrogen) atoms. The molecule has 0 saturated heterocycles. The molecule has 8 nitrogen and oxygen atoms in total. The molecule has 1 aliphatic carbocycles. The number of primary sulfonamides is 1. The van der Waals surface area contributed by atoms with E-state index in [9.17, 15) is 13.2 Å². The standard InChI is InChI=1S/C21H27N3O5S/c1-28-18-7-10-20(29-2)15(13-18)14-24(17-5-6-17)12-11-21(25)23-16-3-8-19(9-4-16)30(22,26)27/h3-4,7-10,13,17H,5-6,11-12,14H2,1-2H3,(H,23,25)(H2,22,26,27). The molecule has 9 heteroatoms. The first-order valence-electron chi connectivity index (χ1n) is 9.68. The first-order chi connectivity index (χ1) is 14.3. The summed E-state index contributed by atoms with van der Waals surface area (Å²) in [6.45, 7) is 1.27. The van der Waals surface area contributed by atoms with Crippen LogP contribution in [0, 0.1) is 0 Å². The maximum absolute atomic E-state index is 12.4. The van der Waals surface area contributed by atoms with Crippen molar-refractivity contribution in [2.75, 3.05) is 26.1 Å². The molecule has 1 saturated carbocycles. The monoisotopic (exact) mass is 433 g/mol. The van der Waals surface area contributed by atoms with E-state index in [1.54, 1.807) is 14.2 Å². The number of nitrogens with zero attached hydrogens (tertiary/aromatic N) is 1. The smallest absolute Gasteiger partial charge is 0.238 e. The summed E-state index contributed by atoms with van der Waals surface area (Å²) in [4.78, 5) is 14.7. The summed E-state index contributed by atoms with van der Waals surface area (Å²) in [6.07, 6.45) is 2.55. The number of nitrogens with one attached hydrogen (secondary N) is 1. The van der Waals surface area contributed by atoms with Gasteiger partial charge in [-0.25, -0.2) is 13.6 Å². The van der Waals surface area contributed by atoms with Gasteiger partial charge in [-0.05, 0) is 55.3 Å². The summed E-state index contributed by atoms with van der Waals surface area (Å²) in [7, 11) is -0.482. The molecule has 0 bridgehead atoms. The Morgan fingerprint density at radius 2 is 1.83 bits per heavy atom. The van der Waals surface area contributed by atoms with Crippen molar-refractivity contribution in [1.29, 1.82) is 0 Å². The number of hydrogen-bond acceptors (Lipinski definition) is 6. The second kappa shape index (κ2) is 9.46. The number of amides is 1. The average molecular weight is 434 g/mol. The van der Waals surface area contributed by atoms with E-state index in [0.717, 1.165) is 29.9 Å². The molecule has 2 aromatic rings. The zero-order valence-corrected chi connectivity index (χ0v) is 17.9. The summed E-state index contributed by atoms with van der Waals surface area (Å²) >= 11 is 0. The Morgan fingerprint density at radius 1 is 1.13 bits per heavy atom. The molecule has 162 valence electrons. The molecule has 1 fully saturated rings. The third-order valence-corrected chi connectivity index (χ3v) is 5.95. The van der Waals surface area contributed by atoms with E-state index >= 15 is 0 Å². The first-order valence-corrected chi connectivity index (χ1v) is 11.2. The Hall–Kier alpha value is -2.62. The molecule has 0 radical (unpaired) electrons. The van der Waals surface area contributed by atoms with Crippen molar-refractivity contribution < 1.29 is 22.7 Å². The quantitative estimate of drug-likeness (QED) is 0.595. The summed E-state index contributed by atoms with van der Waals surface area (Å²) in [6, 6.07) is 12.0. The van der Waals surface area contributed by atoms with E-state index in [0.29, 0.717) is 31.2 Å². The van der Waals surface area contributed by atoms with E-state index in [4.69, 9.17) is 14.6 Å². The number of methoxy groups -OCH3 is 2. The number of hydrogen-bond donors (Lipinski definition) is 2. The molecular weight excluding hydrogens is 406 g/mol. The average Bonchev–Trinajstić information content (AvgIpc) is 3.56. The third-order valence-electron chi connectivity index (χ3n) is 5.02. The van der Waals surface area contributed by atoms with Crippen LogP contribution in [0.25, 0.3) is 0 Å². The number of ether oxygens (including phenoxy) is 2. The van der Waals surface area contributed by atoms with Crippen LogP contribution in [-0.4, -0.2) is 46.0 Å². The lowest BCUT2D eigenvalue weighted by molar-refractivity contribution is -0.116. The van der Waals surface area contributed by atoms with Crippen molar-refractivity contribution in [2.45, 2.75) is 36.7 Å². The number of sulfonamides is 1. The van der Waals surface area contributed by atoms with E-state index in [1.165, 1.54) is 24.3 Å². The van der Waals surface area contributed by atoms with Gasteiger partial charge in [0.05, 0.1) is 19.1 Å². The van der Waals surface area contributed by atoms with Gasteiger partial charge in [0.25, 0.3) is 0 Å². The predicted molar refractivity (Wildman–Crippen MR) is 114 cm³/mol. The number of nitrogens with two attached hydrogens (primary N) is 1. The van der Waals surface area contributed by atoms with Crippen LogP contribution in [0.4, 0.5) is 5.69 Å². The lowest BCUT2D eigenvalue weighted by Gasteiger charge is -2.23. The number of rotatable bonds is 10. The molecule has 2 aromatic carbocycles. The SMILES string of the molecule is COc1ccc(OC)c(CN(CCC(=O)Nc2ccc(S(N)(=O)=O)cc2)C2CC2)c1. The Labute approximate surface area is 177 Å². The van der Waals surface area contributed by atoms with E-state index in [1.807, 2.05) is 18.2 Å². The van der Waals surface area contributed by atoms with Crippen LogP contribution in [-0.2, 0) is 21.4 Å². The highest BCUT2D eigenvalue weighted by Crippen LogP contribution is 2.32. The first kappa shape index (κ1) is 22.1. The fraction of sp³-hybridized carbons (Fsp3) is 0.381. The maximum atomic E-state index is 12.4. The van der Waals surface area contributed by atoms with Crippen molar-refractivity contribution in [3.8, 4) is 11.5 Å². The van der Waals surface area contributed by atoms with Gasteiger partial charge >= 0.3 is 0 Å². The van der Waals surface area contributed by atoms with Crippen LogP contribution in [0.1, 0.15) is 24.8 Å². The molecule has 3 N–H and O–H groups in total. The van der Waals surface area contributed by atoms with Crippen LogP contribution >= 0.6 is 0 Å². The number of anilines is 1. The van der Waals surface area contributed by atoms with Crippen molar-refractivity contribution >= 4 is 21.6 Å². The second-order valence-corrected chi connectivity index (χ2v) is 8.81. The van der Waals surface area contributed by atoms with Crippen molar-refractivity contribution in [3.05, 3.63) is 48.0 Å². The summed E-state index contributed by atoms with van der Waals surface area (Å²) < 4.78 is 33.4. The molecule has 1 aliphatic rings. The van der Waals surface area contributed by atoms with Crippen LogP contribution in [0.3, 0.4) is 0 Å². The Bertz CT molecular complexity index is 988. The third kappa shape index (κ3) is 5.94. The van der Waals surface area contributed by atoms with Crippen molar-refractivity contribution in [1.82, 2.24) is 4.90 Å². The fourth-order valence-corrected chi connectivity index (χ4v) is 3.77.